The number of rotatable bonds is 2. The van der Waals surface area contributed by atoms with Crippen LogP contribution in [0.5, 0.6) is 0 Å². The number of nitrogen functional groups attached to an aromatic ring is 1. The SMILES string of the molecule is Nc1cc(Sc2cccs2)nc(C(F)(F)F)n1. The molecule has 0 aliphatic rings. The predicted molar refractivity (Wildman–Crippen MR) is 59.9 cm³/mol. The van der Waals surface area contributed by atoms with E-state index in [0.717, 1.165) is 16.0 Å². The molecule has 0 aliphatic carbocycles. The Morgan fingerprint density at radius 3 is 2.65 bits per heavy atom. The van der Waals surface area contributed by atoms with E-state index in [0.29, 0.717) is 0 Å². The van der Waals surface area contributed by atoms with Gasteiger partial charge in [0, 0.05) is 6.07 Å². The zero-order valence-electron chi connectivity index (χ0n) is 8.23. The summed E-state index contributed by atoms with van der Waals surface area (Å²) in [5, 5.41) is 2.02. The van der Waals surface area contributed by atoms with E-state index < -0.39 is 12.0 Å². The Morgan fingerprint density at radius 1 is 1.29 bits per heavy atom. The number of aromatic nitrogens is 2. The second-order valence-corrected chi connectivity index (χ2v) is 5.25. The molecule has 0 saturated carbocycles. The lowest BCUT2D eigenvalue weighted by molar-refractivity contribution is -0.145. The molecule has 8 heteroatoms. The lowest BCUT2D eigenvalue weighted by atomic mass is 10.5. The first kappa shape index (κ1) is 12.2. The summed E-state index contributed by atoms with van der Waals surface area (Å²) >= 11 is 2.54. The molecule has 2 rings (SSSR count). The van der Waals surface area contributed by atoms with Crippen molar-refractivity contribution in [3.63, 3.8) is 0 Å². The van der Waals surface area contributed by atoms with Crippen molar-refractivity contribution in [1.82, 2.24) is 9.97 Å². The van der Waals surface area contributed by atoms with E-state index in [4.69, 9.17) is 5.73 Å². The van der Waals surface area contributed by atoms with Crippen LogP contribution in [0.15, 0.2) is 32.8 Å². The van der Waals surface area contributed by atoms with Gasteiger partial charge in [-0.2, -0.15) is 13.2 Å². The Balaban J connectivity index is 2.32. The number of halogens is 3. The van der Waals surface area contributed by atoms with Gasteiger partial charge in [-0.15, -0.1) is 11.3 Å². The van der Waals surface area contributed by atoms with Crippen LogP contribution in [0.25, 0.3) is 0 Å². The highest BCUT2D eigenvalue weighted by Crippen LogP contribution is 2.33. The van der Waals surface area contributed by atoms with Gasteiger partial charge < -0.3 is 5.73 Å². The zero-order valence-corrected chi connectivity index (χ0v) is 9.86. The van der Waals surface area contributed by atoms with E-state index in [9.17, 15) is 13.2 Å². The molecular formula is C9H6F3N3S2. The number of hydrogen-bond acceptors (Lipinski definition) is 5. The van der Waals surface area contributed by atoms with Gasteiger partial charge in [-0.25, -0.2) is 9.97 Å². The third-order valence-electron chi connectivity index (χ3n) is 1.68. The Bertz CT molecular complexity index is 511. The molecule has 3 nitrogen and oxygen atoms in total. The minimum Gasteiger partial charge on any atom is -0.384 e. The Labute approximate surface area is 103 Å². The van der Waals surface area contributed by atoms with Gasteiger partial charge in [0.2, 0.25) is 5.82 Å². The normalized spacial score (nSPS) is 11.7. The molecule has 2 aromatic rings. The van der Waals surface area contributed by atoms with E-state index in [1.54, 1.807) is 6.07 Å². The third kappa shape index (κ3) is 3.10. The molecule has 0 aromatic carbocycles. The number of nitrogens with two attached hydrogens (primary N) is 1. The number of anilines is 1. The van der Waals surface area contributed by atoms with Crippen LogP contribution in [0.3, 0.4) is 0 Å². The summed E-state index contributed by atoms with van der Waals surface area (Å²) in [6, 6.07) is 4.92. The fourth-order valence-corrected chi connectivity index (χ4v) is 2.77. The van der Waals surface area contributed by atoms with Crippen molar-refractivity contribution in [3.05, 3.63) is 29.4 Å². The average Bonchev–Trinajstić information content (AvgIpc) is 2.68. The molecule has 0 aliphatic heterocycles. The van der Waals surface area contributed by atoms with E-state index in [1.165, 1.54) is 17.4 Å². The molecule has 0 saturated heterocycles. The van der Waals surface area contributed by atoms with Crippen molar-refractivity contribution in [2.45, 2.75) is 15.4 Å². The van der Waals surface area contributed by atoms with Gasteiger partial charge in [0.05, 0.1) is 4.21 Å². The molecule has 0 fully saturated rings. The van der Waals surface area contributed by atoms with Gasteiger partial charge in [0.1, 0.15) is 10.8 Å². The molecule has 2 heterocycles. The quantitative estimate of drug-likeness (QED) is 0.856. The average molecular weight is 277 g/mol. The topological polar surface area (TPSA) is 51.8 Å². The first-order chi connectivity index (χ1) is 7.95. The molecule has 2 N–H and O–H groups in total. The standard InChI is InChI=1S/C9H6F3N3S2/c10-9(11,12)8-14-5(13)4-6(15-8)17-7-2-1-3-16-7/h1-4H,(H2,13,14,15). The smallest absolute Gasteiger partial charge is 0.384 e. The molecule has 17 heavy (non-hydrogen) atoms. The number of alkyl halides is 3. The van der Waals surface area contributed by atoms with Gasteiger partial charge >= 0.3 is 6.18 Å². The molecule has 0 spiro atoms. The van der Waals surface area contributed by atoms with Crippen LogP contribution in [-0.2, 0) is 6.18 Å². The maximum Gasteiger partial charge on any atom is 0.451 e. The summed E-state index contributed by atoms with van der Waals surface area (Å²) in [5.74, 6) is -1.40. The summed E-state index contributed by atoms with van der Waals surface area (Å²) in [5.41, 5.74) is 5.32. The highest BCUT2D eigenvalue weighted by Gasteiger charge is 2.35. The van der Waals surface area contributed by atoms with Crippen LogP contribution < -0.4 is 5.73 Å². The molecule has 90 valence electrons. The predicted octanol–water partition coefficient (Wildman–Crippen LogP) is 3.29. The van der Waals surface area contributed by atoms with Crippen LogP contribution in [0.1, 0.15) is 5.82 Å². The second-order valence-electron chi connectivity index (χ2n) is 2.99. The first-order valence-corrected chi connectivity index (χ1v) is 6.08. The van der Waals surface area contributed by atoms with Crippen molar-refractivity contribution in [2.24, 2.45) is 0 Å². The Morgan fingerprint density at radius 2 is 2.06 bits per heavy atom. The van der Waals surface area contributed by atoms with Crippen molar-refractivity contribution >= 4 is 28.9 Å². The summed E-state index contributed by atoms with van der Waals surface area (Å²) in [7, 11) is 0. The monoisotopic (exact) mass is 277 g/mol. The van der Waals surface area contributed by atoms with E-state index in [2.05, 4.69) is 9.97 Å². The van der Waals surface area contributed by atoms with E-state index in [-0.39, 0.29) is 10.8 Å². The van der Waals surface area contributed by atoms with Crippen LogP contribution >= 0.6 is 23.1 Å². The molecular weight excluding hydrogens is 271 g/mol. The first-order valence-electron chi connectivity index (χ1n) is 4.38. The Hall–Kier alpha value is -1.28. The second kappa shape index (κ2) is 4.53. The molecule has 2 aromatic heterocycles. The lowest BCUT2D eigenvalue weighted by Crippen LogP contribution is -2.12. The number of hydrogen-bond donors (Lipinski definition) is 1. The van der Waals surface area contributed by atoms with Gasteiger partial charge in [-0.1, -0.05) is 17.8 Å². The lowest BCUT2D eigenvalue weighted by Gasteiger charge is -2.07. The van der Waals surface area contributed by atoms with E-state index in [1.807, 2.05) is 11.4 Å². The highest BCUT2D eigenvalue weighted by atomic mass is 32.2. The van der Waals surface area contributed by atoms with Crippen molar-refractivity contribution in [3.8, 4) is 0 Å². The van der Waals surface area contributed by atoms with Gasteiger partial charge in [-0.3, -0.25) is 0 Å². The minimum atomic E-state index is -4.58. The molecule has 0 bridgehead atoms. The van der Waals surface area contributed by atoms with Crippen molar-refractivity contribution < 1.29 is 13.2 Å². The van der Waals surface area contributed by atoms with Gasteiger partial charge in [0.15, 0.2) is 0 Å². The fraction of sp³-hybridized carbons (Fsp3) is 0.111. The third-order valence-corrected chi connectivity index (χ3v) is 3.63. The van der Waals surface area contributed by atoms with E-state index >= 15 is 0 Å². The molecule has 0 atom stereocenters. The van der Waals surface area contributed by atoms with Crippen LogP contribution in [0.4, 0.5) is 19.0 Å². The number of thiophene rings is 1. The van der Waals surface area contributed by atoms with Gasteiger partial charge in [-0.05, 0) is 11.4 Å². The molecule has 0 radical (unpaired) electrons. The highest BCUT2D eigenvalue weighted by molar-refractivity contribution is 8.01. The Kier molecular flexibility index (Phi) is 3.25. The van der Waals surface area contributed by atoms with Crippen molar-refractivity contribution in [1.29, 1.82) is 0 Å². The van der Waals surface area contributed by atoms with Crippen LogP contribution in [-0.4, -0.2) is 9.97 Å². The van der Waals surface area contributed by atoms with Gasteiger partial charge in [0.25, 0.3) is 0 Å². The fourth-order valence-electron chi connectivity index (χ4n) is 1.05. The molecule has 0 unspecified atom stereocenters. The summed E-state index contributed by atoms with van der Waals surface area (Å²) < 4.78 is 38.2. The summed E-state index contributed by atoms with van der Waals surface area (Å²) in [4.78, 5) is 6.60. The molecule has 0 amide bonds. The van der Waals surface area contributed by atoms with Crippen LogP contribution in [0.2, 0.25) is 0 Å². The maximum atomic E-state index is 12.4. The summed E-state index contributed by atoms with van der Waals surface area (Å²) in [6.07, 6.45) is -4.58. The van der Waals surface area contributed by atoms with Crippen LogP contribution in [0, 0.1) is 0 Å². The zero-order chi connectivity index (χ0) is 12.5. The minimum absolute atomic E-state index is 0.187. The summed E-state index contributed by atoms with van der Waals surface area (Å²) in [6.45, 7) is 0. The van der Waals surface area contributed by atoms with Crippen molar-refractivity contribution in [2.75, 3.05) is 5.73 Å². The maximum absolute atomic E-state index is 12.4. The largest absolute Gasteiger partial charge is 0.451 e. The number of nitrogens with zero attached hydrogens (tertiary/aromatic N) is 2.